The number of ketones is 1. The minimum Gasteiger partial charge on any atom is -0.370 e. The number of benzene rings is 1. The van der Waals surface area contributed by atoms with Gasteiger partial charge in [-0.3, -0.25) is 24.2 Å². The molecule has 0 spiro atoms. The molecule has 0 saturated heterocycles. The van der Waals surface area contributed by atoms with Crippen LogP contribution in [0.4, 0.5) is 0 Å². The van der Waals surface area contributed by atoms with Gasteiger partial charge in [-0.1, -0.05) is 30.3 Å². The normalized spacial score (nSPS) is 21.4. The molecule has 3 aliphatic carbocycles. The first-order valence-corrected chi connectivity index (χ1v) is 15.0. The summed E-state index contributed by atoms with van der Waals surface area (Å²) in [7, 11) is 0. The summed E-state index contributed by atoms with van der Waals surface area (Å²) in [6, 6.07) is 6.83. The molecular weight excluding hydrogens is 536 g/mol. The molecule has 0 aliphatic heterocycles. The van der Waals surface area contributed by atoms with Crippen LogP contribution in [-0.2, 0) is 25.6 Å². The van der Waals surface area contributed by atoms with E-state index < -0.39 is 35.9 Å². The third kappa shape index (κ3) is 9.80. The van der Waals surface area contributed by atoms with Crippen LogP contribution in [0.3, 0.4) is 0 Å². The number of amides is 3. The highest BCUT2D eigenvalue weighted by atomic mass is 16.2. The predicted molar refractivity (Wildman–Crippen MR) is 161 cm³/mol. The van der Waals surface area contributed by atoms with Crippen LogP contribution in [0.25, 0.3) is 0 Å². The molecule has 3 aliphatic rings. The number of Topliss-reactive ketones (excluding diaryl/α,β-unsaturated/α-hetero) is 1. The molecule has 232 valence electrons. The average Bonchev–Trinajstić information content (AvgIpc) is 2.90. The predicted octanol–water partition coefficient (Wildman–Crippen LogP) is -0.0405. The molecule has 0 radical (unpaired) electrons. The molecule has 0 aromatic heterocycles. The van der Waals surface area contributed by atoms with Gasteiger partial charge < -0.3 is 39.3 Å². The maximum Gasteiger partial charge on any atom is 0.239 e. The molecule has 12 heteroatoms. The van der Waals surface area contributed by atoms with Gasteiger partial charge in [-0.25, -0.2) is 0 Å². The molecule has 42 heavy (non-hydrogen) atoms. The first-order chi connectivity index (χ1) is 20.0. The lowest BCUT2D eigenvalue weighted by Gasteiger charge is -2.63. The Labute approximate surface area is 248 Å². The van der Waals surface area contributed by atoms with Crippen LogP contribution in [0.5, 0.6) is 0 Å². The van der Waals surface area contributed by atoms with E-state index in [1.807, 2.05) is 30.3 Å². The van der Waals surface area contributed by atoms with Crippen molar-refractivity contribution in [2.45, 2.75) is 88.8 Å². The number of hydrogen-bond donors (Lipinski definition) is 7. The molecule has 4 atom stereocenters. The highest BCUT2D eigenvalue weighted by Crippen LogP contribution is 2.67. The topological polar surface area (TPSA) is 235 Å². The summed E-state index contributed by atoms with van der Waals surface area (Å²) in [5.74, 6) is -1.71. The van der Waals surface area contributed by atoms with Gasteiger partial charge in [0.15, 0.2) is 11.7 Å². The Hall–Kier alpha value is -3.51. The fraction of sp³-hybridized carbons (Fsp3) is 0.633. The van der Waals surface area contributed by atoms with Crippen LogP contribution in [0, 0.1) is 17.3 Å². The van der Waals surface area contributed by atoms with Crippen LogP contribution in [-0.4, -0.2) is 60.7 Å². The molecule has 3 saturated carbocycles. The molecule has 2 bridgehead atoms. The molecule has 3 fully saturated rings. The van der Waals surface area contributed by atoms with Crippen molar-refractivity contribution in [3.63, 3.8) is 0 Å². The summed E-state index contributed by atoms with van der Waals surface area (Å²) < 4.78 is 0. The number of nitrogens with one attached hydrogen (secondary N) is 2. The van der Waals surface area contributed by atoms with Gasteiger partial charge in [0.1, 0.15) is 6.04 Å². The Morgan fingerprint density at radius 3 is 2.12 bits per heavy atom. The van der Waals surface area contributed by atoms with Gasteiger partial charge in [0, 0.05) is 18.9 Å². The number of nitrogens with zero attached hydrogens (tertiary/aromatic N) is 1. The van der Waals surface area contributed by atoms with E-state index in [2.05, 4.69) is 15.6 Å². The van der Waals surface area contributed by atoms with Crippen molar-refractivity contribution in [2.24, 2.45) is 50.9 Å². The summed E-state index contributed by atoms with van der Waals surface area (Å²) in [4.78, 5) is 56.3. The Kier molecular flexibility index (Phi) is 12.3. The Morgan fingerprint density at radius 1 is 0.905 bits per heavy atom. The zero-order valence-electron chi connectivity index (χ0n) is 24.4. The Balaban J connectivity index is 1.70. The van der Waals surface area contributed by atoms with Crippen LogP contribution >= 0.6 is 0 Å². The van der Waals surface area contributed by atoms with E-state index in [-0.39, 0.29) is 42.5 Å². The van der Waals surface area contributed by atoms with Crippen molar-refractivity contribution >= 4 is 29.5 Å². The van der Waals surface area contributed by atoms with E-state index in [0.717, 1.165) is 24.8 Å². The first kappa shape index (κ1) is 33.0. The number of unbranched alkanes of at least 4 members (excludes halogenated alkanes) is 1. The summed E-state index contributed by atoms with van der Waals surface area (Å²) in [6.07, 6.45) is 6.40. The quantitative estimate of drug-likeness (QED) is 0.0622. The second-order valence-electron chi connectivity index (χ2n) is 12.1. The highest BCUT2D eigenvalue weighted by Gasteiger charge is 2.57. The number of rotatable bonds is 20. The highest BCUT2D eigenvalue weighted by molar-refractivity contribution is 5.94. The van der Waals surface area contributed by atoms with E-state index >= 15 is 0 Å². The van der Waals surface area contributed by atoms with Crippen molar-refractivity contribution in [3.8, 4) is 0 Å². The van der Waals surface area contributed by atoms with E-state index in [1.165, 1.54) is 0 Å². The number of carbonyl (C=O) groups excluding carboxylic acids is 4. The van der Waals surface area contributed by atoms with Gasteiger partial charge >= 0.3 is 0 Å². The molecule has 3 amide bonds. The molecule has 0 heterocycles. The van der Waals surface area contributed by atoms with Gasteiger partial charge in [0.2, 0.25) is 17.7 Å². The number of hydrogen-bond acceptors (Lipinski definition) is 7. The van der Waals surface area contributed by atoms with Gasteiger partial charge in [0.25, 0.3) is 0 Å². The number of aliphatic imine (C=N–C) groups is 1. The van der Waals surface area contributed by atoms with Crippen LogP contribution in [0.1, 0.15) is 69.8 Å². The zero-order chi connectivity index (χ0) is 30.7. The molecular formula is C30H48N8O4. The minimum absolute atomic E-state index is 0.0578. The van der Waals surface area contributed by atoms with Crippen molar-refractivity contribution in [1.29, 1.82) is 0 Å². The average molecular weight is 585 g/mol. The van der Waals surface area contributed by atoms with Gasteiger partial charge in [-0.2, -0.15) is 0 Å². The van der Waals surface area contributed by atoms with E-state index in [0.29, 0.717) is 51.0 Å². The van der Waals surface area contributed by atoms with Crippen LogP contribution in [0.15, 0.2) is 35.3 Å². The Morgan fingerprint density at radius 2 is 1.55 bits per heavy atom. The number of carbonyl (C=O) groups is 4. The smallest absolute Gasteiger partial charge is 0.239 e. The maximum atomic E-state index is 13.7. The fourth-order valence-electron chi connectivity index (χ4n) is 6.20. The van der Waals surface area contributed by atoms with Crippen molar-refractivity contribution in [1.82, 2.24) is 10.6 Å². The SMILES string of the molecule is NCCCC[C@H](NC(=O)[C@@H](CC(=O)[C@@H](CCCN=C(N)N)NC(=O)[C@@H](N)Cc1ccccc1)CC12CC(C1)C2)C(N)=O. The maximum absolute atomic E-state index is 13.7. The second-order valence-corrected chi connectivity index (χ2v) is 12.1. The van der Waals surface area contributed by atoms with E-state index in [4.69, 9.17) is 28.7 Å². The summed E-state index contributed by atoms with van der Waals surface area (Å²) in [5.41, 5.74) is 29.2. The molecule has 1 aromatic carbocycles. The van der Waals surface area contributed by atoms with Crippen molar-refractivity contribution < 1.29 is 19.2 Å². The largest absolute Gasteiger partial charge is 0.370 e. The lowest BCUT2D eigenvalue weighted by molar-refractivity contribution is -0.146. The second kappa shape index (κ2) is 15.6. The summed E-state index contributed by atoms with van der Waals surface area (Å²) in [5, 5.41) is 5.62. The lowest BCUT2D eigenvalue weighted by atomic mass is 9.42. The third-order valence-corrected chi connectivity index (χ3v) is 8.56. The minimum atomic E-state index is -0.867. The number of nitrogens with two attached hydrogens (primary N) is 5. The van der Waals surface area contributed by atoms with Crippen LogP contribution < -0.4 is 39.3 Å². The molecule has 12 nitrogen and oxygen atoms in total. The molecule has 1 aromatic rings. The Bertz CT molecular complexity index is 1090. The van der Waals surface area contributed by atoms with Crippen LogP contribution in [0.2, 0.25) is 0 Å². The van der Waals surface area contributed by atoms with Crippen molar-refractivity contribution in [2.75, 3.05) is 13.1 Å². The third-order valence-electron chi connectivity index (χ3n) is 8.56. The summed E-state index contributed by atoms with van der Waals surface area (Å²) in [6.45, 7) is 0.765. The zero-order valence-corrected chi connectivity index (χ0v) is 24.4. The molecule has 12 N–H and O–H groups in total. The summed E-state index contributed by atoms with van der Waals surface area (Å²) >= 11 is 0. The standard InChI is InChI=1S/C30H48N8O4/c31-11-5-4-9-24(26(33)40)38-27(41)21(18-30-15-20(16-30)17-30)14-25(39)23(10-6-12-36-29(34)35)37-28(42)22(32)13-19-7-2-1-3-8-19/h1-3,7-8,20-24H,4-6,9-18,31-32H2,(H2,33,40)(H,37,42)(H,38,41)(H4,34,35,36)/t20?,21-,22-,23+,24-,30?/m0/s1. The fourth-order valence-corrected chi connectivity index (χ4v) is 6.20. The number of guanidine groups is 1. The van der Waals surface area contributed by atoms with Gasteiger partial charge in [-0.15, -0.1) is 0 Å². The molecule has 0 unspecified atom stereocenters. The van der Waals surface area contributed by atoms with Crippen molar-refractivity contribution in [3.05, 3.63) is 35.9 Å². The van der Waals surface area contributed by atoms with Gasteiger partial charge in [-0.05, 0) is 87.6 Å². The van der Waals surface area contributed by atoms with E-state index in [9.17, 15) is 19.2 Å². The lowest BCUT2D eigenvalue weighted by Crippen LogP contribution is -2.55. The van der Waals surface area contributed by atoms with Gasteiger partial charge in [0.05, 0.1) is 12.1 Å². The first-order valence-electron chi connectivity index (χ1n) is 15.0. The van der Waals surface area contributed by atoms with E-state index in [1.54, 1.807) is 0 Å². The monoisotopic (exact) mass is 584 g/mol. The number of primary amides is 1. The molecule has 4 rings (SSSR count).